The first kappa shape index (κ1) is 47.6. The number of urea groups is 2. The zero-order chi connectivity index (χ0) is 41.9. The topological polar surface area (TPSA) is 186 Å². The highest BCUT2D eigenvalue weighted by atomic mass is 35.5. The lowest BCUT2D eigenvalue weighted by molar-refractivity contribution is 0.136. The summed E-state index contributed by atoms with van der Waals surface area (Å²) in [5, 5.41) is 31.2. The van der Waals surface area contributed by atoms with Crippen LogP contribution in [0.15, 0.2) is 71.4 Å². The highest BCUT2D eigenvalue weighted by Crippen LogP contribution is 2.32. The third-order valence-corrected chi connectivity index (χ3v) is 9.52. The van der Waals surface area contributed by atoms with E-state index < -0.39 is 35.4 Å². The summed E-state index contributed by atoms with van der Waals surface area (Å²) < 4.78 is 53.9. The van der Waals surface area contributed by atoms with Crippen LogP contribution in [0.1, 0.15) is 47.2 Å². The molecule has 1 N–H and O–H groups in total. The largest absolute Gasteiger partial charge is 0.341 e. The SMILES string of the molecule is N#Cc1cnc(Cl)nc1.N#Cc1cnc(N2CCN(C(=O)N3N=CC[C@H]3c3cc(F)cc(F)c3)CC2)nc1.O=C(N1CCNCC1)N1N=CC[C@H]1c1cc(F)cc(F)c1.S.S. The summed E-state index contributed by atoms with van der Waals surface area (Å²) in [4.78, 5) is 46.2. The van der Waals surface area contributed by atoms with E-state index in [-0.39, 0.29) is 44.3 Å². The number of halogens is 5. The van der Waals surface area contributed by atoms with Gasteiger partial charge in [-0.15, -0.1) is 0 Å². The predicted octanol–water partition coefficient (Wildman–Crippen LogP) is 5.25. The number of carbonyl (C=O) groups is 2. The molecule has 2 aromatic carbocycles. The van der Waals surface area contributed by atoms with Crippen LogP contribution >= 0.6 is 38.6 Å². The number of carbonyl (C=O) groups excluding carboxylic acids is 2. The number of nitrogens with one attached hydrogen (secondary N) is 1. The van der Waals surface area contributed by atoms with Crippen molar-refractivity contribution in [2.24, 2.45) is 10.2 Å². The molecule has 4 aliphatic rings. The molecule has 0 radical (unpaired) electrons. The van der Waals surface area contributed by atoms with E-state index in [1.165, 1.54) is 59.1 Å². The minimum Gasteiger partial charge on any atom is -0.337 e. The Morgan fingerprint density at radius 1 is 0.623 bits per heavy atom. The average molecular weight is 899 g/mol. The Morgan fingerprint density at radius 3 is 1.43 bits per heavy atom. The number of hydrazone groups is 2. The Kier molecular flexibility index (Phi) is 17.6. The molecule has 2 aromatic heterocycles. The number of aromatic nitrogens is 4. The van der Waals surface area contributed by atoms with Gasteiger partial charge in [-0.2, -0.15) is 47.7 Å². The number of rotatable bonds is 3. The molecule has 0 bridgehead atoms. The predicted molar refractivity (Wildman–Crippen MR) is 226 cm³/mol. The lowest BCUT2D eigenvalue weighted by Gasteiger charge is -2.37. The van der Waals surface area contributed by atoms with Crippen LogP contribution in [0.5, 0.6) is 0 Å². The number of anilines is 1. The third-order valence-electron chi connectivity index (χ3n) is 9.33. The van der Waals surface area contributed by atoms with Gasteiger partial charge in [0.15, 0.2) is 0 Å². The van der Waals surface area contributed by atoms with Gasteiger partial charge in [0.05, 0.1) is 35.6 Å². The van der Waals surface area contributed by atoms with Crippen molar-refractivity contribution in [2.45, 2.75) is 24.9 Å². The van der Waals surface area contributed by atoms with Crippen LogP contribution < -0.4 is 10.2 Å². The Bertz CT molecular complexity index is 2230. The molecule has 4 aromatic rings. The fourth-order valence-electron chi connectivity index (χ4n) is 6.44. The van der Waals surface area contributed by atoms with Gasteiger partial charge in [0.25, 0.3) is 0 Å². The van der Waals surface area contributed by atoms with Crippen LogP contribution in [0.4, 0.5) is 33.1 Å². The lowest BCUT2D eigenvalue weighted by Crippen LogP contribution is -2.52. The Balaban J connectivity index is 0.000000224. The van der Waals surface area contributed by atoms with Crippen molar-refractivity contribution >= 4 is 69.0 Å². The Morgan fingerprint density at radius 2 is 1.02 bits per heavy atom. The summed E-state index contributed by atoms with van der Waals surface area (Å²) in [5.41, 5.74) is 1.60. The molecule has 2 fully saturated rings. The van der Waals surface area contributed by atoms with Crippen molar-refractivity contribution in [3.05, 3.63) is 112 Å². The molecule has 0 unspecified atom stereocenters. The minimum absolute atomic E-state index is 0. The van der Waals surface area contributed by atoms with Gasteiger partial charge in [-0.25, -0.2) is 57.1 Å². The van der Waals surface area contributed by atoms with Crippen LogP contribution in [0.2, 0.25) is 5.28 Å². The normalized spacial score (nSPS) is 17.7. The van der Waals surface area contributed by atoms with Gasteiger partial charge in [-0.3, -0.25) is 0 Å². The molecule has 4 amide bonds. The van der Waals surface area contributed by atoms with E-state index in [9.17, 15) is 27.2 Å². The summed E-state index contributed by atoms with van der Waals surface area (Å²) in [7, 11) is 0. The van der Waals surface area contributed by atoms with Gasteiger partial charge >= 0.3 is 12.1 Å². The van der Waals surface area contributed by atoms with E-state index >= 15 is 0 Å². The van der Waals surface area contributed by atoms with Gasteiger partial charge in [-0.05, 0) is 47.0 Å². The third kappa shape index (κ3) is 12.5. The van der Waals surface area contributed by atoms with E-state index in [0.29, 0.717) is 80.3 Å². The molecule has 8 rings (SSSR count). The molecule has 0 spiro atoms. The summed E-state index contributed by atoms with van der Waals surface area (Å²) in [6.45, 7) is 4.59. The van der Waals surface area contributed by atoms with Gasteiger partial charge in [0.1, 0.15) is 35.4 Å². The van der Waals surface area contributed by atoms with Crippen molar-refractivity contribution in [1.29, 1.82) is 10.5 Å². The molecule has 23 heteroatoms. The first-order chi connectivity index (χ1) is 28.5. The van der Waals surface area contributed by atoms with Crippen molar-refractivity contribution < 1.29 is 27.2 Å². The van der Waals surface area contributed by atoms with Crippen LogP contribution in [0.25, 0.3) is 0 Å². The Labute approximate surface area is 367 Å². The smallest absolute Gasteiger partial charge is 0.337 e. The number of amides is 4. The molecular formula is C38H39ClF4N14O2S2. The van der Waals surface area contributed by atoms with Crippen molar-refractivity contribution in [3.8, 4) is 12.1 Å². The second kappa shape index (κ2) is 22.5. The first-order valence-electron chi connectivity index (χ1n) is 18.2. The molecule has 6 heterocycles. The lowest BCUT2D eigenvalue weighted by atomic mass is 10.0. The zero-order valence-electron chi connectivity index (χ0n) is 32.2. The van der Waals surface area contributed by atoms with E-state index in [2.05, 4.69) is 35.5 Å². The van der Waals surface area contributed by atoms with E-state index in [1.54, 1.807) is 22.2 Å². The van der Waals surface area contributed by atoms with Crippen LogP contribution in [-0.4, -0.2) is 117 Å². The van der Waals surface area contributed by atoms with E-state index in [1.807, 2.05) is 17.0 Å². The second-order valence-corrected chi connectivity index (χ2v) is 13.5. The highest BCUT2D eigenvalue weighted by Gasteiger charge is 2.35. The molecule has 2 saturated heterocycles. The number of hydrogen-bond acceptors (Lipinski definition) is 12. The number of benzene rings is 2. The summed E-state index contributed by atoms with van der Waals surface area (Å²) in [6, 6.07) is 8.90. The monoisotopic (exact) mass is 898 g/mol. The first-order valence-corrected chi connectivity index (χ1v) is 18.6. The van der Waals surface area contributed by atoms with Gasteiger partial charge in [0.2, 0.25) is 11.2 Å². The minimum atomic E-state index is -0.685. The molecule has 0 aliphatic carbocycles. The molecule has 0 saturated carbocycles. The maximum absolute atomic E-state index is 13.6. The molecule has 61 heavy (non-hydrogen) atoms. The number of piperazine rings is 2. The van der Waals surface area contributed by atoms with Gasteiger partial charge in [-0.1, -0.05) is 0 Å². The fourth-order valence-corrected chi connectivity index (χ4v) is 6.54. The average Bonchev–Trinajstić information content (AvgIpc) is 3.95. The van der Waals surface area contributed by atoms with E-state index in [4.69, 9.17) is 22.1 Å². The highest BCUT2D eigenvalue weighted by molar-refractivity contribution is 7.59. The van der Waals surface area contributed by atoms with Crippen molar-refractivity contribution in [1.82, 2.24) is 45.1 Å². The van der Waals surface area contributed by atoms with Gasteiger partial charge in [0, 0.05) is 102 Å². The second-order valence-electron chi connectivity index (χ2n) is 13.2. The van der Waals surface area contributed by atoms with Crippen LogP contribution in [-0.2, 0) is 0 Å². The number of hydrogen-bond donors (Lipinski definition) is 1. The maximum atomic E-state index is 13.6. The summed E-state index contributed by atoms with van der Waals surface area (Å²) >= 11 is 5.34. The molecular weight excluding hydrogens is 860 g/mol. The number of nitriles is 2. The van der Waals surface area contributed by atoms with Gasteiger partial charge < -0.3 is 20.0 Å². The maximum Gasteiger partial charge on any atom is 0.341 e. The van der Waals surface area contributed by atoms with Crippen molar-refractivity contribution in [3.63, 3.8) is 0 Å². The van der Waals surface area contributed by atoms with E-state index in [0.717, 1.165) is 25.2 Å². The number of nitrogens with zero attached hydrogens (tertiary/aromatic N) is 13. The van der Waals surface area contributed by atoms with Crippen LogP contribution in [0, 0.1) is 45.9 Å². The summed E-state index contributed by atoms with van der Waals surface area (Å²) in [6.07, 6.45) is 9.70. The molecule has 16 nitrogen and oxygen atoms in total. The van der Waals surface area contributed by atoms with Crippen LogP contribution in [0.3, 0.4) is 0 Å². The molecule has 2 atom stereocenters. The standard InChI is InChI=1S/C19H17F2N7O.C14H16F2N4O.C5H2ClN3.2H2S/c20-15-7-14(8-16(21)9-15)17-1-2-25-28(17)19(29)27-5-3-26(4-6-27)18-23-11-13(10-22)12-24-18;15-11-7-10(8-12(16)9-11)13-1-2-18-20(13)14(21)19-5-3-17-4-6-19;6-5-8-2-4(1-7)3-9-5;;/h2,7-9,11-12,17H,1,3-6H2;2,7-9,13,17H,1,3-6H2;2-3H;2*1H2/t17-;13-;;;/m00.../s1. The molecule has 320 valence electrons. The Hall–Kier alpha value is -6.07. The molecule has 4 aliphatic heterocycles. The quantitative estimate of drug-likeness (QED) is 0.210. The fraction of sp³-hybridized carbons (Fsp3) is 0.316. The van der Waals surface area contributed by atoms with Crippen molar-refractivity contribution in [2.75, 3.05) is 57.3 Å². The zero-order valence-corrected chi connectivity index (χ0v) is 34.9. The summed E-state index contributed by atoms with van der Waals surface area (Å²) in [5.74, 6) is -2.16.